The number of anilines is 1. The van der Waals surface area contributed by atoms with E-state index < -0.39 is 5.91 Å². The van der Waals surface area contributed by atoms with Crippen LogP contribution in [0.25, 0.3) is 11.3 Å². The molecule has 3 rings (SSSR count). The number of thioether (sulfide) groups is 1. The number of carbonyl (C=O) groups excluding carboxylic acids is 2. The summed E-state index contributed by atoms with van der Waals surface area (Å²) in [7, 11) is 0. The van der Waals surface area contributed by atoms with Crippen molar-refractivity contribution in [2.75, 3.05) is 17.7 Å². The van der Waals surface area contributed by atoms with Gasteiger partial charge in [-0.3, -0.25) is 9.59 Å². The summed E-state index contributed by atoms with van der Waals surface area (Å²) in [6.07, 6.45) is 1.66. The van der Waals surface area contributed by atoms with Gasteiger partial charge in [0.2, 0.25) is 5.91 Å². The van der Waals surface area contributed by atoms with E-state index in [4.69, 9.17) is 10.5 Å². The van der Waals surface area contributed by atoms with Crippen LogP contribution in [0.15, 0.2) is 46.8 Å². The smallest absolute Gasteiger partial charge is 0.265 e. The summed E-state index contributed by atoms with van der Waals surface area (Å²) in [5.74, 6) is 0.419. The Kier molecular flexibility index (Phi) is 6.15. The Balaban J connectivity index is 1.53. The molecule has 0 aliphatic rings. The molecular formula is C18H18N4O3S2. The van der Waals surface area contributed by atoms with Crippen molar-refractivity contribution in [3.05, 3.63) is 47.6 Å². The number of aromatic amines is 1. The van der Waals surface area contributed by atoms with Gasteiger partial charge < -0.3 is 20.8 Å². The minimum absolute atomic E-state index is 0.137. The SMILES string of the molecule is CCOc1ccc(SCC(=O)Nc2nc(-c3c[nH]c(C(N)=O)c3)cs2)cc1. The number of thiazole rings is 1. The van der Waals surface area contributed by atoms with Gasteiger partial charge in [0.05, 0.1) is 18.1 Å². The fourth-order valence-corrected chi connectivity index (χ4v) is 3.69. The van der Waals surface area contributed by atoms with Crippen LogP contribution in [0.3, 0.4) is 0 Å². The van der Waals surface area contributed by atoms with Gasteiger partial charge in [0.15, 0.2) is 5.13 Å². The molecule has 2 aromatic heterocycles. The zero-order chi connectivity index (χ0) is 19.2. The number of aromatic nitrogens is 2. The topological polar surface area (TPSA) is 110 Å². The molecule has 2 heterocycles. The normalized spacial score (nSPS) is 10.6. The predicted molar refractivity (Wildman–Crippen MR) is 107 cm³/mol. The van der Waals surface area contributed by atoms with E-state index in [-0.39, 0.29) is 11.7 Å². The molecule has 7 nitrogen and oxygen atoms in total. The molecule has 0 radical (unpaired) electrons. The van der Waals surface area contributed by atoms with Crippen LogP contribution in [0.2, 0.25) is 0 Å². The van der Waals surface area contributed by atoms with E-state index in [0.717, 1.165) is 16.2 Å². The van der Waals surface area contributed by atoms with Crippen LogP contribution < -0.4 is 15.8 Å². The molecule has 0 spiro atoms. The lowest BCUT2D eigenvalue weighted by molar-refractivity contribution is -0.113. The predicted octanol–water partition coefficient (Wildman–Crippen LogP) is 3.37. The van der Waals surface area contributed by atoms with Gasteiger partial charge in [-0.2, -0.15) is 0 Å². The van der Waals surface area contributed by atoms with E-state index in [2.05, 4.69) is 15.3 Å². The molecule has 0 bridgehead atoms. The van der Waals surface area contributed by atoms with Crippen LogP contribution in [0, 0.1) is 0 Å². The van der Waals surface area contributed by atoms with Crippen molar-refractivity contribution in [2.24, 2.45) is 5.73 Å². The number of nitrogens with one attached hydrogen (secondary N) is 2. The van der Waals surface area contributed by atoms with E-state index >= 15 is 0 Å². The third kappa shape index (κ3) is 5.11. The number of ether oxygens (including phenoxy) is 1. The van der Waals surface area contributed by atoms with Crippen molar-refractivity contribution in [3.8, 4) is 17.0 Å². The molecule has 0 atom stereocenters. The summed E-state index contributed by atoms with van der Waals surface area (Å²) >= 11 is 2.76. The molecule has 0 unspecified atom stereocenters. The quantitative estimate of drug-likeness (QED) is 0.501. The summed E-state index contributed by atoms with van der Waals surface area (Å²) in [4.78, 5) is 31.4. The molecule has 140 valence electrons. The number of rotatable bonds is 8. The van der Waals surface area contributed by atoms with Gasteiger partial charge in [-0.25, -0.2) is 4.98 Å². The Morgan fingerprint density at radius 3 is 2.78 bits per heavy atom. The summed E-state index contributed by atoms with van der Waals surface area (Å²) in [5.41, 5.74) is 6.95. The Bertz CT molecular complexity index is 934. The molecule has 1 aromatic carbocycles. The minimum atomic E-state index is -0.531. The van der Waals surface area contributed by atoms with Gasteiger partial charge in [0.1, 0.15) is 11.4 Å². The van der Waals surface area contributed by atoms with E-state index in [1.807, 2.05) is 36.6 Å². The number of benzene rings is 1. The standard InChI is InChI=1S/C18H18N4O3S2/c1-2-25-12-3-5-13(6-4-12)26-10-16(23)22-18-21-15(9-27-18)11-7-14(17(19)24)20-8-11/h3-9,20H,2,10H2,1H3,(H2,19,24)(H,21,22,23). The average Bonchev–Trinajstić information content (AvgIpc) is 3.31. The Hall–Kier alpha value is -2.78. The first-order valence-corrected chi connectivity index (χ1v) is 10.0. The first-order chi connectivity index (χ1) is 13.0. The molecule has 0 fully saturated rings. The van der Waals surface area contributed by atoms with Gasteiger partial charge >= 0.3 is 0 Å². The second-order valence-electron chi connectivity index (χ2n) is 5.45. The number of nitrogens with two attached hydrogens (primary N) is 1. The number of hydrogen-bond donors (Lipinski definition) is 3. The summed E-state index contributed by atoms with van der Waals surface area (Å²) < 4.78 is 5.40. The maximum absolute atomic E-state index is 12.1. The molecule has 0 aliphatic heterocycles. The van der Waals surface area contributed by atoms with E-state index in [0.29, 0.717) is 23.1 Å². The van der Waals surface area contributed by atoms with Crippen LogP contribution in [0.5, 0.6) is 5.75 Å². The summed E-state index contributed by atoms with van der Waals surface area (Å²) in [5, 5.41) is 5.10. The van der Waals surface area contributed by atoms with Gasteiger partial charge in [-0.05, 0) is 37.3 Å². The monoisotopic (exact) mass is 402 g/mol. The van der Waals surface area contributed by atoms with Crippen molar-refractivity contribution in [2.45, 2.75) is 11.8 Å². The highest BCUT2D eigenvalue weighted by atomic mass is 32.2. The molecule has 4 N–H and O–H groups in total. The molecular weight excluding hydrogens is 384 g/mol. The Morgan fingerprint density at radius 1 is 1.33 bits per heavy atom. The molecule has 3 aromatic rings. The van der Waals surface area contributed by atoms with Crippen LogP contribution in [-0.2, 0) is 4.79 Å². The second-order valence-corrected chi connectivity index (χ2v) is 7.35. The highest BCUT2D eigenvalue weighted by molar-refractivity contribution is 8.00. The fraction of sp³-hybridized carbons (Fsp3) is 0.167. The lowest BCUT2D eigenvalue weighted by Crippen LogP contribution is -2.13. The Labute approximate surface area is 164 Å². The first-order valence-electron chi connectivity index (χ1n) is 8.14. The Morgan fingerprint density at radius 2 is 2.11 bits per heavy atom. The molecule has 27 heavy (non-hydrogen) atoms. The molecule has 0 aliphatic carbocycles. The van der Waals surface area contributed by atoms with Gasteiger partial charge in [0, 0.05) is 22.0 Å². The largest absolute Gasteiger partial charge is 0.494 e. The molecule has 2 amide bonds. The number of hydrogen-bond acceptors (Lipinski definition) is 6. The van der Waals surface area contributed by atoms with Crippen LogP contribution >= 0.6 is 23.1 Å². The second kappa shape index (κ2) is 8.74. The number of carbonyl (C=O) groups is 2. The van der Waals surface area contributed by atoms with Crippen molar-refractivity contribution < 1.29 is 14.3 Å². The van der Waals surface area contributed by atoms with Gasteiger partial charge in [-0.15, -0.1) is 23.1 Å². The first kappa shape index (κ1) is 19.0. The maximum atomic E-state index is 12.1. The van der Waals surface area contributed by atoms with E-state index in [9.17, 15) is 9.59 Å². The van der Waals surface area contributed by atoms with Crippen LogP contribution in [0.1, 0.15) is 17.4 Å². The van der Waals surface area contributed by atoms with Crippen molar-refractivity contribution in [3.63, 3.8) is 0 Å². The lowest BCUT2D eigenvalue weighted by atomic mass is 10.2. The number of nitrogens with zero attached hydrogens (tertiary/aromatic N) is 1. The lowest BCUT2D eigenvalue weighted by Gasteiger charge is -2.05. The third-order valence-corrected chi connectivity index (χ3v) is 5.27. The minimum Gasteiger partial charge on any atom is -0.494 e. The zero-order valence-electron chi connectivity index (χ0n) is 14.5. The highest BCUT2D eigenvalue weighted by Crippen LogP contribution is 2.26. The molecule has 9 heteroatoms. The molecule has 0 saturated carbocycles. The van der Waals surface area contributed by atoms with Crippen molar-refractivity contribution >= 4 is 40.0 Å². The molecule has 0 saturated heterocycles. The summed E-state index contributed by atoms with van der Waals surface area (Å²) in [6, 6.07) is 9.24. The third-order valence-electron chi connectivity index (χ3n) is 3.50. The van der Waals surface area contributed by atoms with Crippen molar-refractivity contribution in [1.29, 1.82) is 0 Å². The van der Waals surface area contributed by atoms with Crippen molar-refractivity contribution in [1.82, 2.24) is 9.97 Å². The number of amides is 2. The number of H-pyrrole nitrogens is 1. The van der Waals surface area contributed by atoms with Crippen LogP contribution in [0.4, 0.5) is 5.13 Å². The van der Waals surface area contributed by atoms with Crippen LogP contribution in [-0.4, -0.2) is 34.1 Å². The van der Waals surface area contributed by atoms with Gasteiger partial charge in [0.25, 0.3) is 5.91 Å². The average molecular weight is 403 g/mol. The zero-order valence-corrected chi connectivity index (χ0v) is 16.2. The number of primary amides is 1. The maximum Gasteiger partial charge on any atom is 0.265 e. The summed E-state index contributed by atoms with van der Waals surface area (Å²) in [6.45, 7) is 2.56. The highest BCUT2D eigenvalue weighted by Gasteiger charge is 2.11. The van der Waals surface area contributed by atoms with E-state index in [1.54, 1.807) is 12.3 Å². The fourth-order valence-electron chi connectivity index (χ4n) is 2.25. The van der Waals surface area contributed by atoms with E-state index in [1.165, 1.54) is 23.1 Å². The van der Waals surface area contributed by atoms with Gasteiger partial charge in [-0.1, -0.05) is 0 Å².